The number of benzene rings is 3. The zero-order valence-corrected chi connectivity index (χ0v) is 16.3. The zero-order valence-electron chi connectivity index (χ0n) is 15.5. The van der Waals surface area contributed by atoms with Crippen LogP contribution in [0.3, 0.4) is 0 Å². The molecule has 0 aliphatic carbocycles. The molecule has 2 amide bonds. The van der Waals surface area contributed by atoms with Crippen LogP contribution in [0.2, 0.25) is 5.02 Å². The molecule has 1 aromatic heterocycles. The molecule has 30 heavy (non-hydrogen) atoms. The van der Waals surface area contributed by atoms with E-state index in [0.717, 1.165) is 11.1 Å². The van der Waals surface area contributed by atoms with E-state index in [0.29, 0.717) is 11.6 Å². The Kier molecular flexibility index (Phi) is 5.72. The van der Waals surface area contributed by atoms with Gasteiger partial charge in [-0.2, -0.15) is 0 Å². The number of anilines is 1. The van der Waals surface area contributed by atoms with Crippen molar-refractivity contribution in [2.24, 2.45) is 0 Å². The molecular weight excluding hydrogens is 407 g/mol. The minimum absolute atomic E-state index is 0.0863. The summed E-state index contributed by atoms with van der Waals surface area (Å²) in [5.41, 5.74) is 1.88. The number of rotatable bonds is 5. The van der Waals surface area contributed by atoms with Crippen LogP contribution in [0.5, 0.6) is 0 Å². The molecule has 1 atom stereocenters. The molecule has 4 aromatic rings. The second-order valence-electron chi connectivity index (χ2n) is 6.38. The fraction of sp³-hybridized carbons (Fsp3) is 0.0455. The van der Waals surface area contributed by atoms with Gasteiger partial charge in [0.2, 0.25) is 11.8 Å². The molecule has 0 radical (unpaired) electrons. The number of urea groups is 1. The van der Waals surface area contributed by atoms with Crippen molar-refractivity contribution in [2.45, 2.75) is 6.04 Å². The molecule has 4 rings (SSSR count). The highest BCUT2D eigenvalue weighted by Gasteiger charge is 2.23. The van der Waals surface area contributed by atoms with Gasteiger partial charge in [-0.3, -0.25) is 0 Å². The highest BCUT2D eigenvalue weighted by Crippen LogP contribution is 2.25. The largest absolute Gasteiger partial charge is 0.418 e. The monoisotopic (exact) mass is 422 g/mol. The van der Waals surface area contributed by atoms with Crippen LogP contribution in [0.4, 0.5) is 14.9 Å². The van der Waals surface area contributed by atoms with Gasteiger partial charge in [-0.1, -0.05) is 60.1 Å². The van der Waals surface area contributed by atoms with Crippen molar-refractivity contribution in [3.05, 3.63) is 101 Å². The van der Waals surface area contributed by atoms with Gasteiger partial charge < -0.3 is 15.1 Å². The quantitative estimate of drug-likeness (QED) is 0.448. The van der Waals surface area contributed by atoms with E-state index in [1.54, 1.807) is 0 Å². The van der Waals surface area contributed by atoms with Crippen LogP contribution in [-0.4, -0.2) is 16.2 Å². The Morgan fingerprint density at radius 2 is 1.67 bits per heavy atom. The average Bonchev–Trinajstić information content (AvgIpc) is 3.26. The van der Waals surface area contributed by atoms with E-state index < -0.39 is 17.9 Å². The van der Waals surface area contributed by atoms with Crippen molar-refractivity contribution < 1.29 is 13.6 Å². The average molecular weight is 423 g/mol. The molecule has 0 spiro atoms. The smallest absolute Gasteiger partial charge is 0.320 e. The van der Waals surface area contributed by atoms with Crippen molar-refractivity contribution in [1.29, 1.82) is 0 Å². The molecule has 6 nitrogen and oxygen atoms in total. The molecule has 8 heteroatoms. The molecule has 2 N–H and O–H groups in total. The van der Waals surface area contributed by atoms with Crippen LogP contribution >= 0.6 is 11.6 Å². The molecule has 0 unspecified atom stereocenters. The third kappa shape index (κ3) is 4.47. The molecule has 0 saturated carbocycles. The molecular formula is C22H16ClFN4O2. The van der Waals surface area contributed by atoms with Gasteiger partial charge in [-0.05, 0) is 35.9 Å². The van der Waals surface area contributed by atoms with E-state index in [4.69, 9.17) is 16.0 Å². The highest BCUT2D eigenvalue weighted by atomic mass is 35.5. The Labute approximate surface area is 176 Å². The van der Waals surface area contributed by atoms with Crippen LogP contribution in [0, 0.1) is 5.82 Å². The summed E-state index contributed by atoms with van der Waals surface area (Å²) in [5.74, 6) is 0.00971. The van der Waals surface area contributed by atoms with Crippen molar-refractivity contribution in [3.8, 4) is 11.5 Å². The number of carbonyl (C=O) groups excluding carboxylic acids is 1. The minimum Gasteiger partial charge on any atom is -0.418 e. The molecule has 0 aliphatic heterocycles. The van der Waals surface area contributed by atoms with Crippen LogP contribution in [0.1, 0.15) is 17.5 Å². The lowest BCUT2D eigenvalue weighted by atomic mass is 10.1. The van der Waals surface area contributed by atoms with Crippen molar-refractivity contribution in [2.75, 3.05) is 5.32 Å². The normalized spacial score (nSPS) is 11.7. The van der Waals surface area contributed by atoms with Gasteiger partial charge in [0.1, 0.15) is 11.9 Å². The number of nitrogens with one attached hydrogen (secondary N) is 2. The Balaban J connectivity index is 1.59. The lowest BCUT2D eigenvalue weighted by molar-refractivity contribution is 0.248. The molecule has 0 fully saturated rings. The Bertz CT molecular complexity index is 1150. The second kappa shape index (κ2) is 8.75. The van der Waals surface area contributed by atoms with Gasteiger partial charge in [0.05, 0.1) is 5.02 Å². The SMILES string of the molecule is O=C(Nc1ccc(F)c(Cl)c1)N[C@H](c1ccccc1)c1nnc(-c2ccccc2)o1. The van der Waals surface area contributed by atoms with E-state index >= 15 is 0 Å². The van der Waals surface area contributed by atoms with Gasteiger partial charge in [0.15, 0.2) is 0 Å². The molecule has 150 valence electrons. The summed E-state index contributed by atoms with van der Waals surface area (Å²) in [4.78, 5) is 12.6. The topological polar surface area (TPSA) is 80.0 Å². The van der Waals surface area contributed by atoms with Crippen molar-refractivity contribution >= 4 is 23.3 Å². The van der Waals surface area contributed by atoms with Gasteiger partial charge >= 0.3 is 6.03 Å². The summed E-state index contributed by atoms with van der Waals surface area (Å²) in [6, 6.07) is 21.3. The number of amides is 2. The standard InChI is InChI=1S/C22H16ClFN4O2/c23-17-13-16(11-12-18(17)24)25-22(29)26-19(14-7-3-1-4-8-14)21-28-27-20(30-21)15-9-5-2-6-10-15/h1-13,19H,(H2,25,26,29)/t19-/m1/s1. The van der Waals surface area contributed by atoms with Crippen molar-refractivity contribution in [3.63, 3.8) is 0 Å². The predicted molar refractivity (Wildman–Crippen MR) is 112 cm³/mol. The Hall–Kier alpha value is -3.71. The highest BCUT2D eigenvalue weighted by molar-refractivity contribution is 6.31. The number of halogens is 2. The van der Waals surface area contributed by atoms with Gasteiger partial charge in [0, 0.05) is 11.3 Å². The molecule has 0 saturated heterocycles. The van der Waals surface area contributed by atoms with E-state index in [9.17, 15) is 9.18 Å². The molecule has 3 aromatic carbocycles. The van der Waals surface area contributed by atoms with E-state index in [1.807, 2.05) is 60.7 Å². The Morgan fingerprint density at radius 3 is 2.37 bits per heavy atom. The van der Waals surface area contributed by atoms with Crippen LogP contribution in [0.25, 0.3) is 11.5 Å². The second-order valence-corrected chi connectivity index (χ2v) is 6.79. The lowest BCUT2D eigenvalue weighted by Crippen LogP contribution is -2.33. The van der Waals surface area contributed by atoms with E-state index in [1.165, 1.54) is 18.2 Å². The Morgan fingerprint density at radius 1 is 0.967 bits per heavy atom. The summed E-state index contributed by atoms with van der Waals surface area (Å²) in [5, 5.41) is 13.6. The predicted octanol–water partition coefficient (Wildman–Crippen LogP) is 5.44. The first-order valence-electron chi connectivity index (χ1n) is 9.06. The number of aromatic nitrogens is 2. The fourth-order valence-corrected chi connectivity index (χ4v) is 3.03. The first-order valence-corrected chi connectivity index (χ1v) is 9.44. The third-order valence-corrected chi connectivity index (χ3v) is 4.58. The maximum atomic E-state index is 13.3. The summed E-state index contributed by atoms with van der Waals surface area (Å²) in [6.45, 7) is 0. The van der Waals surface area contributed by atoms with Gasteiger partial charge in [-0.25, -0.2) is 9.18 Å². The number of hydrogen-bond acceptors (Lipinski definition) is 4. The third-order valence-electron chi connectivity index (χ3n) is 4.29. The lowest BCUT2D eigenvalue weighted by Gasteiger charge is -2.16. The summed E-state index contributed by atoms with van der Waals surface area (Å²) in [6.07, 6.45) is 0. The minimum atomic E-state index is -0.688. The first kappa shape index (κ1) is 19.6. The number of carbonyl (C=O) groups is 1. The molecule has 0 aliphatic rings. The molecule has 0 bridgehead atoms. The van der Waals surface area contributed by atoms with Crippen molar-refractivity contribution in [1.82, 2.24) is 15.5 Å². The van der Waals surface area contributed by atoms with Crippen LogP contribution in [-0.2, 0) is 0 Å². The molecule has 1 heterocycles. The zero-order chi connectivity index (χ0) is 20.9. The summed E-state index contributed by atoms with van der Waals surface area (Å²) >= 11 is 5.78. The van der Waals surface area contributed by atoms with E-state index in [-0.39, 0.29) is 10.9 Å². The van der Waals surface area contributed by atoms with E-state index in [2.05, 4.69) is 20.8 Å². The maximum Gasteiger partial charge on any atom is 0.320 e. The van der Waals surface area contributed by atoms with Gasteiger partial charge in [0.25, 0.3) is 0 Å². The van der Waals surface area contributed by atoms with Crippen LogP contribution in [0.15, 0.2) is 83.3 Å². The summed E-state index contributed by atoms with van der Waals surface area (Å²) < 4.78 is 19.2. The summed E-state index contributed by atoms with van der Waals surface area (Å²) in [7, 11) is 0. The number of nitrogens with zero attached hydrogens (tertiary/aromatic N) is 2. The maximum absolute atomic E-state index is 13.3. The van der Waals surface area contributed by atoms with Gasteiger partial charge in [-0.15, -0.1) is 10.2 Å². The number of hydrogen-bond donors (Lipinski definition) is 2. The first-order chi connectivity index (χ1) is 14.6. The van der Waals surface area contributed by atoms with Crippen LogP contribution < -0.4 is 10.6 Å². The fourth-order valence-electron chi connectivity index (χ4n) is 2.85.